The number of amides is 1. The number of rotatable bonds is 6. The highest BCUT2D eigenvalue weighted by atomic mass is 16.2. The molecular formula is C25H34N4O. The zero-order valence-electron chi connectivity index (χ0n) is 18.5. The molecule has 1 aliphatic heterocycles. The highest BCUT2D eigenvalue weighted by Gasteiger charge is 2.18. The number of fused-ring (bicyclic) bond motifs is 1. The van der Waals surface area contributed by atoms with E-state index in [1.165, 1.54) is 28.8 Å². The molecule has 2 N–H and O–H groups in total. The maximum Gasteiger partial charge on any atom is 0.246 e. The van der Waals surface area contributed by atoms with Crippen LogP contribution in [0.3, 0.4) is 0 Å². The zero-order valence-corrected chi connectivity index (χ0v) is 18.5. The number of benzene rings is 2. The van der Waals surface area contributed by atoms with E-state index in [0.717, 1.165) is 56.9 Å². The summed E-state index contributed by atoms with van der Waals surface area (Å²) in [5.74, 6) is -0.00730. The Morgan fingerprint density at radius 2 is 1.80 bits per heavy atom. The predicted molar refractivity (Wildman–Crippen MR) is 126 cm³/mol. The summed E-state index contributed by atoms with van der Waals surface area (Å²) in [4.78, 5) is 17.7. The fourth-order valence-electron chi connectivity index (χ4n) is 4.53. The molecule has 4 rings (SSSR count). The third-order valence-corrected chi connectivity index (χ3v) is 6.53. The Morgan fingerprint density at radius 3 is 2.53 bits per heavy atom. The van der Waals surface area contributed by atoms with Crippen LogP contribution in [0.25, 0.3) is 0 Å². The smallest absolute Gasteiger partial charge is 0.246 e. The third kappa shape index (κ3) is 4.62. The van der Waals surface area contributed by atoms with Crippen molar-refractivity contribution in [3.05, 3.63) is 53.1 Å². The minimum Gasteiger partial charge on any atom is -0.374 e. The lowest BCUT2D eigenvalue weighted by molar-refractivity contribution is -0.116. The van der Waals surface area contributed by atoms with Crippen LogP contribution < -0.4 is 15.5 Å². The van der Waals surface area contributed by atoms with Crippen LogP contribution in [0.4, 0.5) is 17.1 Å². The molecule has 1 fully saturated rings. The van der Waals surface area contributed by atoms with E-state index in [4.69, 9.17) is 0 Å². The summed E-state index contributed by atoms with van der Waals surface area (Å²) in [6.07, 6.45) is 3.49. The lowest BCUT2D eigenvalue weighted by atomic mass is 10.1. The summed E-state index contributed by atoms with van der Waals surface area (Å²) in [6.45, 7) is 11.8. The maximum atomic E-state index is 12.7. The van der Waals surface area contributed by atoms with Crippen molar-refractivity contribution in [2.24, 2.45) is 0 Å². The van der Waals surface area contributed by atoms with Crippen LogP contribution in [0, 0.1) is 6.92 Å². The molecule has 0 bridgehead atoms. The monoisotopic (exact) mass is 406 g/mol. The molecular weight excluding hydrogens is 372 g/mol. The summed E-state index contributed by atoms with van der Waals surface area (Å²) in [5, 5.41) is 6.46. The van der Waals surface area contributed by atoms with Crippen molar-refractivity contribution in [1.29, 1.82) is 0 Å². The lowest BCUT2D eigenvalue weighted by Crippen LogP contribution is -2.46. The van der Waals surface area contributed by atoms with Crippen molar-refractivity contribution >= 4 is 23.0 Å². The lowest BCUT2D eigenvalue weighted by Gasteiger charge is -2.35. The number of carbonyl (C=O) groups is 1. The molecule has 1 aliphatic carbocycles. The van der Waals surface area contributed by atoms with Gasteiger partial charge in [-0.2, -0.15) is 0 Å². The Hall–Kier alpha value is -2.53. The van der Waals surface area contributed by atoms with Crippen molar-refractivity contribution in [3.63, 3.8) is 0 Å². The molecule has 0 aromatic heterocycles. The van der Waals surface area contributed by atoms with Gasteiger partial charge in [0.05, 0.1) is 0 Å². The number of anilines is 3. The van der Waals surface area contributed by atoms with Gasteiger partial charge in [0.25, 0.3) is 0 Å². The molecule has 5 heteroatoms. The number of likely N-dealkylation sites (N-methyl/N-ethyl adjacent to an activating group) is 1. The molecule has 2 aromatic rings. The van der Waals surface area contributed by atoms with E-state index in [2.05, 4.69) is 64.6 Å². The van der Waals surface area contributed by atoms with Crippen molar-refractivity contribution in [1.82, 2.24) is 4.90 Å². The van der Waals surface area contributed by atoms with E-state index in [1.807, 2.05) is 13.0 Å². The maximum absolute atomic E-state index is 12.7. The van der Waals surface area contributed by atoms with Gasteiger partial charge >= 0.3 is 0 Å². The summed E-state index contributed by atoms with van der Waals surface area (Å²) in [6, 6.07) is 12.5. The van der Waals surface area contributed by atoms with Gasteiger partial charge in [0.1, 0.15) is 6.04 Å². The molecule has 0 spiro atoms. The molecule has 0 saturated carbocycles. The molecule has 5 nitrogen and oxygen atoms in total. The molecule has 2 aliphatic rings. The summed E-state index contributed by atoms with van der Waals surface area (Å²) < 4.78 is 0. The molecule has 0 radical (unpaired) electrons. The van der Waals surface area contributed by atoms with E-state index >= 15 is 0 Å². The van der Waals surface area contributed by atoms with Gasteiger partial charge in [-0.1, -0.05) is 13.0 Å². The summed E-state index contributed by atoms with van der Waals surface area (Å²) in [5.41, 5.74) is 7.15. The minimum absolute atomic E-state index is 0.00730. The van der Waals surface area contributed by atoms with Gasteiger partial charge in [0.15, 0.2) is 0 Å². The Kier molecular flexibility index (Phi) is 6.28. The standard InChI is InChI=1S/C25H34N4O/c1-4-28-12-14-29(15-13-28)23-10-11-24(18(2)16-23)26-19(3)25(30)27-22-9-8-20-6-5-7-21(20)17-22/h8-11,16-17,19,26H,4-7,12-15H2,1-3H3,(H,27,30). The van der Waals surface area contributed by atoms with Gasteiger partial charge in [0, 0.05) is 43.2 Å². The van der Waals surface area contributed by atoms with Crippen LogP contribution in [0.1, 0.15) is 37.0 Å². The predicted octanol–water partition coefficient (Wildman–Crippen LogP) is 4.06. The van der Waals surface area contributed by atoms with Crippen molar-refractivity contribution in [2.45, 2.75) is 46.1 Å². The Labute approximate surface area is 180 Å². The third-order valence-electron chi connectivity index (χ3n) is 6.53. The van der Waals surface area contributed by atoms with Crippen LogP contribution in [-0.2, 0) is 17.6 Å². The molecule has 1 amide bonds. The molecule has 1 saturated heterocycles. The first-order valence-electron chi connectivity index (χ1n) is 11.3. The first-order chi connectivity index (χ1) is 14.5. The van der Waals surface area contributed by atoms with Crippen molar-refractivity contribution in [2.75, 3.05) is 48.3 Å². The van der Waals surface area contributed by atoms with Gasteiger partial charge < -0.3 is 20.4 Å². The van der Waals surface area contributed by atoms with Crippen LogP contribution in [0.15, 0.2) is 36.4 Å². The Bertz CT molecular complexity index is 902. The topological polar surface area (TPSA) is 47.6 Å². The Morgan fingerprint density at radius 1 is 1.03 bits per heavy atom. The Balaban J connectivity index is 1.35. The minimum atomic E-state index is -0.309. The van der Waals surface area contributed by atoms with Crippen LogP contribution in [0.2, 0.25) is 0 Å². The zero-order chi connectivity index (χ0) is 21.1. The molecule has 1 unspecified atom stereocenters. The van der Waals surface area contributed by atoms with Gasteiger partial charge in [-0.05, 0) is 86.7 Å². The van der Waals surface area contributed by atoms with E-state index in [9.17, 15) is 4.79 Å². The van der Waals surface area contributed by atoms with E-state index in [0.29, 0.717) is 0 Å². The quantitative estimate of drug-likeness (QED) is 0.759. The number of nitrogens with one attached hydrogen (secondary N) is 2. The summed E-state index contributed by atoms with van der Waals surface area (Å²) in [7, 11) is 0. The van der Waals surface area contributed by atoms with Crippen molar-refractivity contribution in [3.8, 4) is 0 Å². The molecule has 2 aromatic carbocycles. The van der Waals surface area contributed by atoms with Gasteiger partial charge in [-0.15, -0.1) is 0 Å². The average molecular weight is 407 g/mol. The molecule has 160 valence electrons. The van der Waals surface area contributed by atoms with E-state index < -0.39 is 0 Å². The largest absolute Gasteiger partial charge is 0.374 e. The normalized spacial score (nSPS) is 17.5. The fraction of sp³-hybridized carbons (Fsp3) is 0.480. The van der Waals surface area contributed by atoms with Crippen LogP contribution in [0.5, 0.6) is 0 Å². The highest BCUT2D eigenvalue weighted by Crippen LogP contribution is 2.26. The van der Waals surface area contributed by atoms with Gasteiger partial charge in [-0.3, -0.25) is 4.79 Å². The van der Waals surface area contributed by atoms with Crippen LogP contribution >= 0.6 is 0 Å². The second-order valence-corrected chi connectivity index (χ2v) is 8.61. The average Bonchev–Trinajstić information content (AvgIpc) is 3.23. The second-order valence-electron chi connectivity index (χ2n) is 8.61. The number of piperazine rings is 1. The van der Waals surface area contributed by atoms with E-state index in [1.54, 1.807) is 0 Å². The molecule has 1 atom stereocenters. The number of hydrogen-bond donors (Lipinski definition) is 2. The number of carbonyl (C=O) groups excluding carboxylic acids is 1. The fourth-order valence-corrected chi connectivity index (χ4v) is 4.53. The first-order valence-corrected chi connectivity index (χ1v) is 11.3. The molecule has 1 heterocycles. The van der Waals surface area contributed by atoms with Crippen LogP contribution in [-0.4, -0.2) is 49.6 Å². The highest BCUT2D eigenvalue weighted by molar-refractivity contribution is 5.96. The summed E-state index contributed by atoms with van der Waals surface area (Å²) >= 11 is 0. The SMILES string of the molecule is CCN1CCN(c2ccc(NC(C)C(=O)Nc3ccc4c(c3)CCC4)c(C)c2)CC1. The van der Waals surface area contributed by atoms with Crippen molar-refractivity contribution < 1.29 is 4.79 Å². The van der Waals surface area contributed by atoms with E-state index in [-0.39, 0.29) is 11.9 Å². The number of hydrogen-bond acceptors (Lipinski definition) is 4. The second kappa shape index (κ2) is 9.09. The number of nitrogens with zero attached hydrogens (tertiary/aromatic N) is 2. The van der Waals surface area contributed by atoms with Gasteiger partial charge in [0.2, 0.25) is 5.91 Å². The first kappa shape index (κ1) is 20.7. The van der Waals surface area contributed by atoms with Gasteiger partial charge in [-0.25, -0.2) is 0 Å². The molecule has 30 heavy (non-hydrogen) atoms. The number of aryl methyl sites for hydroxylation is 3.